The summed E-state index contributed by atoms with van der Waals surface area (Å²) in [6.45, 7) is 7.29. The van der Waals surface area contributed by atoms with Gasteiger partial charge in [0.2, 0.25) is 5.91 Å². The Balaban J connectivity index is 0.00000364. The average Bonchev–Trinajstić information content (AvgIpc) is 3.11. The van der Waals surface area contributed by atoms with Gasteiger partial charge in [0.25, 0.3) is 0 Å². The van der Waals surface area contributed by atoms with E-state index >= 15 is 0 Å². The first-order chi connectivity index (χ1) is 12.6. The van der Waals surface area contributed by atoms with Crippen molar-refractivity contribution < 1.29 is 4.79 Å². The number of carbonyl (C=O) groups excluding carboxylic acids is 1. The van der Waals surface area contributed by atoms with E-state index in [0.29, 0.717) is 0 Å². The second kappa shape index (κ2) is 12.9. The number of hydrogen-bond donors (Lipinski definition) is 3. The SMILES string of the molecule is CCc1nncn1CCNC(=NC)NCCCN1CCCC(C(N)=O)C1.I. The van der Waals surface area contributed by atoms with Crippen molar-refractivity contribution in [3.05, 3.63) is 12.2 Å². The van der Waals surface area contributed by atoms with Crippen LogP contribution < -0.4 is 16.4 Å². The molecule has 0 bridgehead atoms. The minimum atomic E-state index is -0.170. The molecule has 1 aromatic rings. The number of aliphatic imine (C=N–C) groups is 1. The van der Waals surface area contributed by atoms with Crippen LogP contribution >= 0.6 is 24.0 Å². The Morgan fingerprint density at radius 1 is 1.37 bits per heavy atom. The van der Waals surface area contributed by atoms with E-state index in [1.807, 2.05) is 4.57 Å². The number of guanidine groups is 1. The predicted octanol–water partition coefficient (Wildman–Crippen LogP) is 0.211. The molecule has 9 nitrogen and oxygen atoms in total. The molecule has 2 heterocycles. The number of primary amides is 1. The summed E-state index contributed by atoms with van der Waals surface area (Å²) in [6, 6.07) is 0. The highest BCUT2D eigenvalue weighted by Crippen LogP contribution is 2.15. The maximum atomic E-state index is 11.3. The van der Waals surface area contributed by atoms with Gasteiger partial charge >= 0.3 is 0 Å². The minimum absolute atomic E-state index is 0. The summed E-state index contributed by atoms with van der Waals surface area (Å²) < 4.78 is 2.05. The maximum Gasteiger partial charge on any atom is 0.221 e. The number of hydrogen-bond acceptors (Lipinski definition) is 5. The average molecular weight is 492 g/mol. The molecular formula is C17H33IN8O. The molecule has 1 saturated heterocycles. The highest BCUT2D eigenvalue weighted by Gasteiger charge is 2.23. The third-order valence-electron chi connectivity index (χ3n) is 4.73. The van der Waals surface area contributed by atoms with Gasteiger partial charge in [-0.1, -0.05) is 6.92 Å². The molecule has 27 heavy (non-hydrogen) atoms. The van der Waals surface area contributed by atoms with E-state index in [4.69, 9.17) is 5.73 Å². The third kappa shape index (κ3) is 7.99. The van der Waals surface area contributed by atoms with Gasteiger partial charge in [0.05, 0.1) is 5.92 Å². The number of piperidine rings is 1. The van der Waals surface area contributed by atoms with Crippen molar-refractivity contribution in [1.29, 1.82) is 0 Å². The molecule has 0 saturated carbocycles. The molecule has 0 spiro atoms. The normalized spacial score (nSPS) is 18.0. The molecule has 1 fully saturated rings. The van der Waals surface area contributed by atoms with Gasteiger partial charge in [-0.05, 0) is 32.4 Å². The smallest absolute Gasteiger partial charge is 0.221 e. The van der Waals surface area contributed by atoms with E-state index in [-0.39, 0.29) is 35.8 Å². The lowest BCUT2D eigenvalue weighted by atomic mass is 9.97. The van der Waals surface area contributed by atoms with Crippen LogP contribution in [0.4, 0.5) is 0 Å². The molecule has 0 aliphatic carbocycles. The fourth-order valence-electron chi connectivity index (χ4n) is 3.26. The van der Waals surface area contributed by atoms with Gasteiger partial charge in [-0.3, -0.25) is 9.79 Å². The molecule has 1 aromatic heterocycles. The largest absolute Gasteiger partial charge is 0.369 e. The van der Waals surface area contributed by atoms with Gasteiger partial charge in [0.1, 0.15) is 12.2 Å². The zero-order chi connectivity index (χ0) is 18.8. The number of nitrogens with two attached hydrogens (primary N) is 1. The van der Waals surface area contributed by atoms with E-state index < -0.39 is 0 Å². The summed E-state index contributed by atoms with van der Waals surface area (Å²) in [5, 5.41) is 14.7. The Morgan fingerprint density at radius 3 is 2.85 bits per heavy atom. The predicted molar refractivity (Wildman–Crippen MR) is 117 cm³/mol. The van der Waals surface area contributed by atoms with Crippen LogP contribution in [0.1, 0.15) is 32.0 Å². The van der Waals surface area contributed by atoms with Crippen LogP contribution in [0.5, 0.6) is 0 Å². The van der Waals surface area contributed by atoms with E-state index in [1.54, 1.807) is 13.4 Å². The molecule has 1 amide bonds. The summed E-state index contributed by atoms with van der Waals surface area (Å²) in [5.74, 6) is 1.63. The van der Waals surface area contributed by atoms with Crippen LogP contribution in [-0.4, -0.2) is 71.3 Å². The molecular weight excluding hydrogens is 459 g/mol. The molecule has 1 atom stereocenters. The Hall–Kier alpha value is -1.43. The van der Waals surface area contributed by atoms with Crippen molar-refractivity contribution in [1.82, 2.24) is 30.3 Å². The number of likely N-dealkylation sites (tertiary alicyclic amines) is 1. The lowest BCUT2D eigenvalue weighted by Gasteiger charge is -2.31. The van der Waals surface area contributed by atoms with Gasteiger partial charge in [-0.25, -0.2) is 0 Å². The molecule has 2 rings (SSSR count). The second-order valence-electron chi connectivity index (χ2n) is 6.62. The maximum absolute atomic E-state index is 11.3. The summed E-state index contributed by atoms with van der Waals surface area (Å²) in [6.07, 6.45) is 5.60. The number of amides is 1. The van der Waals surface area contributed by atoms with E-state index in [2.05, 4.69) is 37.6 Å². The van der Waals surface area contributed by atoms with Crippen molar-refractivity contribution in [2.24, 2.45) is 16.6 Å². The Labute approximate surface area is 178 Å². The summed E-state index contributed by atoms with van der Waals surface area (Å²) >= 11 is 0. The van der Waals surface area contributed by atoms with E-state index in [9.17, 15) is 4.79 Å². The van der Waals surface area contributed by atoms with Gasteiger partial charge in [-0.15, -0.1) is 34.2 Å². The summed E-state index contributed by atoms with van der Waals surface area (Å²) in [5.41, 5.74) is 5.43. The lowest BCUT2D eigenvalue weighted by Crippen LogP contribution is -2.43. The third-order valence-corrected chi connectivity index (χ3v) is 4.73. The van der Waals surface area contributed by atoms with Crippen molar-refractivity contribution >= 4 is 35.8 Å². The van der Waals surface area contributed by atoms with Crippen LogP contribution in [-0.2, 0) is 17.8 Å². The molecule has 1 aliphatic heterocycles. The van der Waals surface area contributed by atoms with Crippen LogP contribution in [0.2, 0.25) is 0 Å². The molecule has 0 aromatic carbocycles. The molecule has 1 unspecified atom stereocenters. The molecule has 154 valence electrons. The van der Waals surface area contributed by atoms with Gasteiger partial charge in [0.15, 0.2) is 5.96 Å². The van der Waals surface area contributed by atoms with Crippen LogP contribution in [0, 0.1) is 5.92 Å². The van der Waals surface area contributed by atoms with Crippen molar-refractivity contribution in [2.75, 3.05) is 39.8 Å². The Morgan fingerprint density at radius 2 is 2.15 bits per heavy atom. The number of aromatic nitrogens is 3. The molecule has 1 aliphatic rings. The number of nitrogens with zero attached hydrogens (tertiary/aromatic N) is 5. The standard InChI is InChI=1S/C17H32N8O.HI/c1-3-15-23-22-13-25(15)11-8-21-17(19-2)20-7-5-10-24-9-4-6-14(12-24)16(18)26;/h13-14H,3-12H2,1-2H3,(H2,18,26)(H2,19,20,21);1H. The number of carbonyl (C=O) groups is 1. The topological polar surface area (TPSA) is 113 Å². The number of aryl methyl sites for hydroxylation is 1. The van der Waals surface area contributed by atoms with Crippen molar-refractivity contribution in [2.45, 2.75) is 39.2 Å². The van der Waals surface area contributed by atoms with Crippen LogP contribution in [0.3, 0.4) is 0 Å². The zero-order valence-corrected chi connectivity index (χ0v) is 18.7. The molecule has 10 heteroatoms. The van der Waals surface area contributed by atoms with E-state index in [0.717, 1.165) is 76.7 Å². The summed E-state index contributed by atoms with van der Waals surface area (Å²) in [4.78, 5) is 17.9. The van der Waals surface area contributed by atoms with Crippen molar-refractivity contribution in [3.8, 4) is 0 Å². The number of rotatable bonds is 9. The molecule has 0 radical (unpaired) electrons. The fourth-order valence-corrected chi connectivity index (χ4v) is 3.26. The fraction of sp³-hybridized carbons (Fsp3) is 0.765. The first-order valence-corrected chi connectivity index (χ1v) is 9.47. The first kappa shape index (κ1) is 23.6. The van der Waals surface area contributed by atoms with Crippen LogP contribution in [0.25, 0.3) is 0 Å². The van der Waals surface area contributed by atoms with Gasteiger partial charge < -0.3 is 25.8 Å². The second-order valence-corrected chi connectivity index (χ2v) is 6.62. The zero-order valence-electron chi connectivity index (χ0n) is 16.4. The highest BCUT2D eigenvalue weighted by molar-refractivity contribution is 14.0. The lowest BCUT2D eigenvalue weighted by molar-refractivity contribution is -0.123. The number of nitrogens with one attached hydrogen (secondary N) is 2. The van der Waals surface area contributed by atoms with Gasteiger partial charge in [0, 0.05) is 39.6 Å². The quantitative estimate of drug-likeness (QED) is 0.197. The minimum Gasteiger partial charge on any atom is -0.369 e. The summed E-state index contributed by atoms with van der Waals surface area (Å²) in [7, 11) is 1.77. The Kier molecular flexibility index (Phi) is 11.3. The van der Waals surface area contributed by atoms with Crippen molar-refractivity contribution in [3.63, 3.8) is 0 Å². The van der Waals surface area contributed by atoms with E-state index in [1.165, 1.54) is 0 Å². The monoisotopic (exact) mass is 492 g/mol. The number of halogens is 1. The van der Waals surface area contributed by atoms with Crippen LogP contribution in [0.15, 0.2) is 11.3 Å². The Bertz CT molecular complexity index is 591. The van der Waals surface area contributed by atoms with Gasteiger partial charge in [-0.2, -0.15) is 0 Å². The molecule has 4 N–H and O–H groups in total. The highest BCUT2D eigenvalue weighted by atomic mass is 127. The first-order valence-electron chi connectivity index (χ1n) is 9.47.